The molecule has 1 aliphatic heterocycles. The monoisotopic (exact) mass is 369 g/mol. The number of nitrogens with zero attached hydrogens (tertiary/aromatic N) is 4. The Kier molecular flexibility index (Phi) is 5.09. The standard InChI is InChI=1S/C19H23N5O3/c1-11-14(12(2)22-21-11)17(25)15-16(13-7-5-6-8-20-13)24(10-9-23(3)4)19(27)18(15)26/h5-8,16,25H,9-10H2,1-4H3,(H,21,22)/b17-15+/t16-/m0/s1. The van der Waals surface area contributed by atoms with Crippen molar-refractivity contribution in [2.24, 2.45) is 0 Å². The summed E-state index contributed by atoms with van der Waals surface area (Å²) in [7, 11) is 3.79. The largest absolute Gasteiger partial charge is 0.507 e. The fourth-order valence-corrected chi connectivity index (χ4v) is 3.30. The molecule has 0 bridgehead atoms. The predicted octanol–water partition coefficient (Wildman–Crippen LogP) is 1.40. The molecule has 2 aromatic heterocycles. The molecule has 0 saturated carbocycles. The molecule has 0 aromatic carbocycles. The first kappa shape index (κ1) is 18.8. The second kappa shape index (κ2) is 7.32. The molecule has 8 nitrogen and oxygen atoms in total. The third kappa shape index (κ3) is 3.35. The van der Waals surface area contributed by atoms with Gasteiger partial charge < -0.3 is 14.9 Å². The highest BCUT2D eigenvalue weighted by molar-refractivity contribution is 6.46. The molecule has 0 unspecified atom stereocenters. The number of carbonyl (C=O) groups is 2. The number of carbonyl (C=O) groups excluding carboxylic acids is 2. The average molecular weight is 369 g/mol. The van der Waals surface area contributed by atoms with Gasteiger partial charge in [-0.15, -0.1) is 0 Å². The molecule has 2 aromatic rings. The number of nitrogens with one attached hydrogen (secondary N) is 1. The lowest BCUT2D eigenvalue weighted by atomic mass is 9.97. The Morgan fingerprint density at radius 2 is 2.04 bits per heavy atom. The molecule has 0 aliphatic carbocycles. The van der Waals surface area contributed by atoms with Gasteiger partial charge in [0, 0.05) is 25.0 Å². The second-order valence-corrected chi connectivity index (χ2v) is 6.86. The van der Waals surface area contributed by atoms with Crippen LogP contribution in [0, 0.1) is 13.8 Å². The lowest BCUT2D eigenvalue weighted by Gasteiger charge is -2.25. The maximum absolute atomic E-state index is 12.8. The van der Waals surface area contributed by atoms with E-state index >= 15 is 0 Å². The number of Topliss-reactive ketones (excluding diaryl/α,β-unsaturated/α-hetero) is 1. The number of aliphatic hydroxyl groups excluding tert-OH is 1. The highest BCUT2D eigenvalue weighted by atomic mass is 16.3. The minimum atomic E-state index is -0.736. The lowest BCUT2D eigenvalue weighted by Crippen LogP contribution is -2.35. The summed E-state index contributed by atoms with van der Waals surface area (Å²) in [6, 6.07) is 4.57. The van der Waals surface area contributed by atoms with Gasteiger partial charge in [-0.1, -0.05) is 6.07 Å². The van der Waals surface area contributed by atoms with E-state index in [-0.39, 0.29) is 11.3 Å². The fourth-order valence-electron chi connectivity index (χ4n) is 3.30. The van der Waals surface area contributed by atoms with Crippen LogP contribution in [0.2, 0.25) is 0 Å². The molecule has 27 heavy (non-hydrogen) atoms. The van der Waals surface area contributed by atoms with Crippen LogP contribution in [0.5, 0.6) is 0 Å². The number of amides is 1. The van der Waals surface area contributed by atoms with Crippen molar-refractivity contribution in [1.82, 2.24) is 25.0 Å². The van der Waals surface area contributed by atoms with E-state index in [1.54, 1.807) is 38.2 Å². The van der Waals surface area contributed by atoms with Crippen molar-refractivity contribution in [1.29, 1.82) is 0 Å². The number of pyridine rings is 1. The average Bonchev–Trinajstić information content (AvgIpc) is 3.10. The third-order valence-corrected chi connectivity index (χ3v) is 4.66. The summed E-state index contributed by atoms with van der Waals surface area (Å²) in [4.78, 5) is 33.3. The number of rotatable bonds is 5. The van der Waals surface area contributed by atoms with Gasteiger partial charge in [0.1, 0.15) is 11.8 Å². The van der Waals surface area contributed by atoms with E-state index in [1.807, 2.05) is 19.0 Å². The van der Waals surface area contributed by atoms with Crippen LogP contribution in [-0.4, -0.2) is 69.0 Å². The van der Waals surface area contributed by atoms with Gasteiger partial charge in [-0.05, 0) is 40.1 Å². The first-order valence-electron chi connectivity index (χ1n) is 8.69. The molecule has 2 N–H and O–H groups in total. The van der Waals surface area contributed by atoms with Gasteiger partial charge >= 0.3 is 0 Å². The van der Waals surface area contributed by atoms with Gasteiger partial charge in [-0.25, -0.2) is 0 Å². The van der Waals surface area contributed by atoms with Gasteiger partial charge in [0.25, 0.3) is 11.7 Å². The predicted molar refractivity (Wildman–Crippen MR) is 99.9 cm³/mol. The Balaban J connectivity index is 2.17. The van der Waals surface area contributed by atoms with Crippen LogP contribution in [0.15, 0.2) is 30.0 Å². The molecule has 1 aliphatic rings. The molecule has 1 saturated heterocycles. The highest BCUT2D eigenvalue weighted by Crippen LogP contribution is 2.39. The molecule has 1 amide bonds. The molecule has 1 fully saturated rings. The number of aromatic nitrogens is 3. The van der Waals surface area contributed by atoms with Gasteiger partial charge in [0.05, 0.1) is 22.5 Å². The number of H-pyrrole nitrogens is 1. The molecule has 0 spiro atoms. The zero-order chi connectivity index (χ0) is 19.7. The maximum atomic E-state index is 12.8. The first-order valence-corrected chi connectivity index (χ1v) is 8.69. The third-order valence-electron chi connectivity index (χ3n) is 4.66. The number of aromatic amines is 1. The molecule has 1 atom stereocenters. The summed E-state index contributed by atoms with van der Waals surface area (Å²) in [6.45, 7) is 4.42. The van der Waals surface area contributed by atoms with E-state index in [1.165, 1.54) is 4.90 Å². The Morgan fingerprint density at radius 3 is 2.59 bits per heavy atom. The minimum absolute atomic E-state index is 0.0463. The van der Waals surface area contributed by atoms with Crippen LogP contribution in [0.4, 0.5) is 0 Å². The Bertz CT molecular complexity index is 882. The number of aryl methyl sites for hydroxylation is 2. The van der Waals surface area contributed by atoms with Crippen LogP contribution in [0.3, 0.4) is 0 Å². The van der Waals surface area contributed by atoms with Crippen LogP contribution in [0.25, 0.3) is 5.76 Å². The van der Waals surface area contributed by atoms with Crippen molar-refractivity contribution in [3.05, 3.63) is 52.6 Å². The SMILES string of the molecule is Cc1n[nH]c(C)c1/C(O)=C1\C(=O)C(=O)N(CCN(C)C)[C@H]1c1ccccn1. The lowest BCUT2D eigenvalue weighted by molar-refractivity contribution is -0.140. The number of hydrogen-bond donors (Lipinski definition) is 2. The molecule has 3 rings (SSSR count). The smallest absolute Gasteiger partial charge is 0.295 e. The van der Waals surface area contributed by atoms with E-state index in [2.05, 4.69) is 15.2 Å². The molecular weight excluding hydrogens is 346 g/mol. The molecule has 8 heteroatoms. The summed E-state index contributed by atoms with van der Waals surface area (Å²) >= 11 is 0. The highest BCUT2D eigenvalue weighted by Gasteiger charge is 2.46. The first-order chi connectivity index (χ1) is 12.8. The zero-order valence-electron chi connectivity index (χ0n) is 15.9. The van der Waals surface area contributed by atoms with E-state index < -0.39 is 17.7 Å². The molecule has 3 heterocycles. The van der Waals surface area contributed by atoms with E-state index in [9.17, 15) is 14.7 Å². The van der Waals surface area contributed by atoms with Crippen molar-refractivity contribution in [2.75, 3.05) is 27.2 Å². The van der Waals surface area contributed by atoms with Crippen molar-refractivity contribution < 1.29 is 14.7 Å². The number of likely N-dealkylation sites (N-methyl/N-ethyl adjacent to an activating group) is 1. The van der Waals surface area contributed by atoms with Crippen molar-refractivity contribution in [3.63, 3.8) is 0 Å². The molecular formula is C19H23N5O3. The summed E-state index contributed by atoms with van der Waals surface area (Å²) < 4.78 is 0. The molecule has 142 valence electrons. The Labute approximate surface area is 157 Å². The number of likely N-dealkylation sites (tertiary alicyclic amines) is 1. The normalized spacial score (nSPS) is 19.3. The second-order valence-electron chi connectivity index (χ2n) is 6.86. The van der Waals surface area contributed by atoms with Crippen molar-refractivity contribution in [3.8, 4) is 0 Å². The van der Waals surface area contributed by atoms with Gasteiger partial charge in [-0.3, -0.25) is 19.7 Å². The van der Waals surface area contributed by atoms with Crippen molar-refractivity contribution in [2.45, 2.75) is 19.9 Å². The van der Waals surface area contributed by atoms with Crippen LogP contribution >= 0.6 is 0 Å². The Morgan fingerprint density at radius 1 is 1.30 bits per heavy atom. The van der Waals surface area contributed by atoms with Crippen LogP contribution in [-0.2, 0) is 9.59 Å². The minimum Gasteiger partial charge on any atom is -0.507 e. The van der Waals surface area contributed by atoms with Crippen LogP contribution in [0.1, 0.15) is 28.7 Å². The topological polar surface area (TPSA) is 102 Å². The van der Waals surface area contributed by atoms with Gasteiger partial charge in [0.15, 0.2) is 0 Å². The maximum Gasteiger partial charge on any atom is 0.295 e. The van der Waals surface area contributed by atoms with Crippen molar-refractivity contribution >= 4 is 17.4 Å². The van der Waals surface area contributed by atoms with E-state index in [0.717, 1.165) is 0 Å². The summed E-state index contributed by atoms with van der Waals surface area (Å²) in [5, 5.41) is 17.8. The molecule has 0 radical (unpaired) electrons. The van der Waals surface area contributed by atoms with Crippen LogP contribution < -0.4 is 0 Å². The van der Waals surface area contributed by atoms with E-state index in [4.69, 9.17) is 0 Å². The Hall–Kier alpha value is -3.00. The summed E-state index contributed by atoms with van der Waals surface area (Å²) in [5.74, 6) is -1.56. The van der Waals surface area contributed by atoms with Gasteiger partial charge in [-0.2, -0.15) is 5.10 Å². The zero-order valence-corrected chi connectivity index (χ0v) is 15.9. The fraction of sp³-hybridized carbons (Fsp3) is 0.368. The summed E-state index contributed by atoms with van der Waals surface area (Å²) in [5.41, 5.74) is 2.22. The van der Waals surface area contributed by atoms with Gasteiger partial charge in [0.2, 0.25) is 0 Å². The summed E-state index contributed by atoms with van der Waals surface area (Å²) in [6.07, 6.45) is 1.61. The quantitative estimate of drug-likeness (QED) is 0.469. The van der Waals surface area contributed by atoms with E-state index in [0.29, 0.717) is 35.7 Å². The number of aliphatic hydroxyl groups is 1. The number of ketones is 1. The number of hydrogen-bond acceptors (Lipinski definition) is 6.